The van der Waals surface area contributed by atoms with E-state index < -0.39 is 0 Å². The first-order valence-corrected chi connectivity index (χ1v) is 8.68. The summed E-state index contributed by atoms with van der Waals surface area (Å²) in [5.41, 5.74) is 1.21. The van der Waals surface area contributed by atoms with Crippen molar-refractivity contribution in [1.82, 2.24) is 9.80 Å². The van der Waals surface area contributed by atoms with Gasteiger partial charge in [0, 0.05) is 18.6 Å². The van der Waals surface area contributed by atoms with Crippen LogP contribution in [0.25, 0.3) is 0 Å². The Kier molecular flexibility index (Phi) is 4.13. The predicted molar refractivity (Wildman–Crippen MR) is 83.4 cm³/mol. The Morgan fingerprint density at radius 1 is 1.30 bits per heavy atom. The summed E-state index contributed by atoms with van der Waals surface area (Å²) in [5.74, 6) is 0.277. The third-order valence-electron chi connectivity index (χ3n) is 4.90. The van der Waals surface area contributed by atoms with E-state index in [1.54, 1.807) is 11.3 Å². The van der Waals surface area contributed by atoms with E-state index in [2.05, 4.69) is 35.2 Å². The summed E-state index contributed by atoms with van der Waals surface area (Å²) < 4.78 is 0. The fourth-order valence-electron chi connectivity index (χ4n) is 3.80. The van der Waals surface area contributed by atoms with Crippen LogP contribution in [-0.4, -0.2) is 47.9 Å². The second-order valence-electron chi connectivity index (χ2n) is 6.03. The molecule has 3 heterocycles. The van der Waals surface area contributed by atoms with Crippen molar-refractivity contribution in [1.29, 1.82) is 0 Å². The van der Waals surface area contributed by atoms with Crippen LogP contribution < -0.4 is 0 Å². The van der Waals surface area contributed by atoms with Gasteiger partial charge in [-0.25, -0.2) is 0 Å². The van der Waals surface area contributed by atoms with Gasteiger partial charge in [-0.1, -0.05) is 6.92 Å². The lowest BCUT2D eigenvalue weighted by molar-refractivity contribution is 0.0668. The van der Waals surface area contributed by atoms with Crippen molar-refractivity contribution in [2.75, 3.05) is 20.1 Å². The first-order valence-electron chi connectivity index (χ1n) is 7.80. The molecule has 2 aliphatic heterocycles. The summed E-state index contributed by atoms with van der Waals surface area (Å²) >= 11 is 1.61. The van der Waals surface area contributed by atoms with E-state index in [1.165, 1.54) is 31.4 Å². The van der Waals surface area contributed by atoms with E-state index in [-0.39, 0.29) is 5.91 Å². The Hall–Kier alpha value is -0.870. The number of rotatable bonds is 3. The van der Waals surface area contributed by atoms with E-state index in [9.17, 15) is 4.79 Å². The lowest BCUT2D eigenvalue weighted by Crippen LogP contribution is -2.47. The van der Waals surface area contributed by atoms with Crippen LogP contribution in [-0.2, 0) is 6.42 Å². The van der Waals surface area contributed by atoms with E-state index in [4.69, 9.17) is 0 Å². The second-order valence-corrected chi connectivity index (χ2v) is 6.94. The third kappa shape index (κ3) is 2.40. The number of carbonyl (C=O) groups is 1. The van der Waals surface area contributed by atoms with Gasteiger partial charge in [-0.15, -0.1) is 11.3 Å². The summed E-state index contributed by atoms with van der Waals surface area (Å²) in [6.45, 7) is 4.25. The average molecular weight is 292 g/mol. The number of nitrogens with zero attached hydrogens (tertiary/aromatic N) is 2. The molecule has 3 rings (SSSR count). The zero-order chi connectivity index (χ0) is 14.1. The lowest BCUT2D eigenvalue weighted by Gasteiger charge is -2.33. The molecule has 2 aliphatic rings. The molecular weight excluding hydrogens is 268 g/mol. The Bertz CT molecular complexity index is 485. The summed E-state index contributed by atoms with van der Waals surface area (Å²) in [4.78, 5) is 18.5. The molecule has 0 aliphatic carbocycles. The zero-order valence-electron chi connectivity index (χ0n) is 12.5. The van der Waals surface area contributed by atoms with E-state index in [0.29, 0.717) is 12.1 Å². The minimum Gasteiger partial charge on any atom is -0.333 e. The Balaban J connectivity index is 1.80. The van der Waals surface area contributed by atoms with Crippen molar-refractivity contribution in [3.8, 4) is 0 Å². The molecule has 1 aromatic heterocycles. The zero-order valence-corrected chi connectivity index (χ0v) is 13.3. The molecule has 2 fully saturated rings. The first kappa shape index (κ1) is 14.1. The maximum absolute atomic E-state index is 12.9. The minimum atomic E-state index is 0.277. The van der Waals surface area contributed by atoms with Gasteiger partial charge in [0.15, 0.2) is 0 Å². The van der Waals surface area contributed by atoms with Crippen molar-refractivity contribution in [2.45, 2.75) is 51.1 Å². The smallest absolute Gasteiger partial charge is 0.264 e. The monoisotopic (exact) mass is 292 g/mol. The minimum absolute atomic E-state index is 0.277. The molecule has 20 heavy (non-hydrogen) atoms. The molecule has 0 aromatic carbocycles. The molecule has 1 aromatic rings. The van der Waals surface area contributed by atoms with Crippen molar-refractivity contribution < 1.29 is 4.79 Å². The largest absolute Gasteiger partial charge is 0.333 e. The molecule has 4 heteroatoms. The molecule has 1 amide bonds. The van der Waals surface area contributed by atoms with Crippen LogP contribution in [0.15, 0.2) is 11.4 Å². The Labute approximate surface area is 125 Å². The van der Waals surface area contributed by atoms with Gasteiger partial charge in [-0.05, 0) is 62.7 Å². The fraction of sp³-hybridized carbons (Fsp3) is 0.688. The summed E-state index contributed by atoms with van der Waals surface area (Å²) in [6, 6.07) is 3.11. The first-order chi connectivity index (χ1) is 9.72. The number of amides is 1. The predicted octanol–water partition coefficient (Wildman–Crippen LogP) is 3.01. The van der Waals surface area contributed by atoms with Crippen LogP contribution in [0.4, 0.5) is 0 Å². The third-order valence-corrected chi connectivity index (χ3v) is 5.85. The Morgan fingerprint density at radius 2 is 2.05 bits per heavy atom. The molecule has 0 radical (unpaired) electrons. The van der Waals surface area contributed by atoms with Crippen LogP contribution in [0.3, 0.4) is 0 Å². The van der Waals surface area contributed by atoms with Crippen LogP contribution >= 0.6 is 11.3 Å². The second kappa shape index (κ2) is 5.86. The van der Waals surface area contributed by atoms with Gasteiger partial charge in [-0.2, -0.15) is 0 Å². The number of hydrogen-bond donors (Lipinski definition) is 0. The molecule has 2 saturated heterocycles. The standard InChI is InChI=1S/C16H24N2OS/c1-3-12-8-11-20-15(12)16(19)18-10-5-7-14(18)13-6-4-9-17(13)2/h8,11,13-14H,3-7,9-10H2,1-2H3/t13-,14-/m1/s1. The number of hydrogen-bond acceptors (Lipinski definition) is 3. The molecule has 3 nitrogen and oxygen atoms in total. The number of aryl methyl sites for hydroxylation is 1. The molecular formula is C16H24N2OS. The van der Waals surface area contributed by atoms with Crippen LogP contribution in [0, 0.1) is 0 Å². The van der Waals surface area contributed by atoms with Gasteiger partial charge in [-0.3, -0.25) is 4.79 Å². The molecule has 0 unspecified atom stereocenters. The van der Waals surface area contributed by atoms with Gasteiger partial charge in [0.1, 0.15) is 0 Å². The van der Waals surface area contributed by atoms with Crippen LogP contribution in [0.5, 0.6) is 0 Å². The molecule has 0 saturated carbocycles. The highest BCUT2D eigenvalue weighted by atomic mass is 32.1. The van der Waals surface area contributed by atoms with Gasteiger partial charge < -0.3 is 9.80 Å². The van der Waals surface area contributed by atoms with E-state index >= 15 is 0 Å². The summed E-state index contributed by atoms with van der Waals surface area (Å²) in [5, 5.41) is 2.05. The summed E-state index contributed by atoms with van der Waals surface area (Å²) in [7, 11) is 2.21. The highest BCUT2D eigenvalue weighted by molar-refractivity contribution is 7.12. The number of thiophene rings is 1. The Morgan fingerprint density at radius 3 is 2.75 bits per heavy atom. The fourth-order valence-corrected chi connectivity index (χ4v) is 4.75. The van der Waals surface area contributed by atoms with E-state index in [0.717, 1.165) is 24.3 Å². The molecule has 0 spiro atoms. The number of likely N-dealkylation sites (N-methyl/N-ethyl adjacent to an activating group) is 1. The van der Waals surface area contributed by atoms with E-state index in [1.807, 2.05) is 0 Å². The summed E-state index contributed by atoms with van der Waals surface area (Å²) in [6.07, 6.45) is 5.81. The average Bonchev–Trinajstić information content (AvgIpc) is 3.17. The normalized spacial score (nSPS) is 27.4. The quantitative estimate of drug-likeness (QED) is 0.855. The van der Waals surface area contributed by atoms with Crippen molar-refractivity contribution in [3.63, 3.8) is 0 Å². The SMILES string of the molecule is CCc1ccsc1C(=O)N1CCC[C@@H]1[C@H]1CCCN1C. The topological polar surface area (TPSA) is 23.6 Å². The number of likely N-dealkylation sites (tertiary alicyclic amines) is 2. The van der Waals surface area contributed by atoms with Crippen molar-refractivity contribution in [3.05, 3.63) is 21.9 Å². The van der Waals surface area contributed by atoms with Gasteiger partial charge >= 0.3 is 0 Å². The molecule has 110 valence electrons. The van der Waals surface area contributed by atoms with Gasteiger partial charge in [0.25, 0.3) is 5.91 Å². The number of carbonyl (C=O) groups excluding carboxylic acids is 1. The van der Waals surface area contributed by atoms with Crippen LogP contribution in [0.1, 0.15) is 47.8 Å². The molecule has 0 N–H and O–H groups in total. The van der Waals surface area contributed by atoms with Gasteiger partial charge in [0.05, 0.1) is 4.88 Å². The maximum Gasteiger partial charge on any atom is 0.264 e. The maximum atomic E-state index is 12.9. The molecule has 2 atom stereocenters. The highest BCUT2D eigenvalue weighted by Gasteiger charge is 2.39. The van der Waals surface area contributed by atoms with Crippen molar-refractivity contribution in [2.24, 2.45) is 0 Å². The highest BCUT2D eigenvalue weighted by Crippen LogP contribution is 2.31. The lowest BCUT2D eigenvalue weighted by atomic mass is 10.0. The van der Waals surface area contributed by atoms with Gasteiger partial charge in [0.2, 0.25) is 0 Å². The van der Waals surface area contributed by atoms with Crippen molar-refractivity contribution >= 4 is 17.2 Å². The van der Waals surface area contributed by atoms with Crippen LogP contribution in [0.2, 0.25) is 0 Å². The molecule has 0 bridgehead atoms.